The van der Waals surface area contributed by atoms with Crippen molar-refractivity contribution in [2.45, 2.75) is 39.0 Å². The lowest BCUT2D eigenvalue weighted by molar-refractivity contribution is -0.114. The van der Waals surface area contributed by atoms with Gasteiger partial charge in [-0.3, -0.25) is 4.79 Å². The van der Waals surface area contributed by atoms with Gasteiger partial charge >= 0.3 is 5.97 Å². The molecule has 0 saturated carbocycles. The summed E-state index contributed by atoms with van der Waals surface area (Å²) >= 11 is 3.33. The summed E-state index contributed by atoms with van der Waals surface area (Å²) in [5.41, 5.74) is 1.39. The van der Waals surface area contributed by atoms with Gasteiger partial charge in [-0.15, -0.1) is 0 Å². The molecular formula is C22H23BrO3. The average Bonchev–Trinajstić information content (AvgIpc) is 2.65. The number of ketones is 1. The number of esters is 1. The molecule has 0 bridgehead atoms. The SMILES string of the molecule is CCCCCCC(=O)C=Cc1ccc(OC(=O)c2ccc(Br)cc2)cc1. The van der Waals surface area contributed by atoms with Crippen LogP contribution in [0.15, 0.2) is 59.1 Å². The quantitative estimate of drug-likeness (QED) is 0.211. The van der Waals surface area contributed by atoms with Gasteiger partial charge in [-0.05, 0) is 54.5 Å². The van der Waals surface area contributed by atoms with Crippen LogP contribution in [0.4, 0.5) is 0 Å². The van der Waals surface area contributed by atoms with Crippen LogP contribution in [0.1, 0.15) is 54.9 Å². The number of benzene rings is 2. The fraction of sp³-hybridized carbons (Fsp3) is 0.273. The Morgan fingerprint density at radius 3 is 2.31 bits per heavy atom. The van der Waals surface area contributed by atoms with Crippen LogP contribution in [0.2, 0.25) is 0 Å². The van der Waals surface area contributed by atoms with E-state index in [0.29, 0.717) is 17.7 Å². The van der Waals surface area contributed by atoms with Crippen LogP contribution in [0.3, 0.4) is 0 Å². The Balaban J connectivity index is 1.85. The molecule has 0 fully saturated rings. The van der Waals surface area contributed by atoms with Gasteiger partial charge in [0.1, 0.15) is 5.75 Å². The molecule has 4 heteroatoms. The molecule has 2 rings (SSSR count). The molecule has 0 atom stereocenters. The highest BCUT2D eigenvalue weighted by Crippen LogP contribution is 2.17. The number of rotatable bonds is 9. The minimum absolute atomic E-state index is 0.145. The molecule has 136 valence electrons. The molecule has 0 aliphatic heterocycles. The summed E-state index contributed by atoms with van der Waals surface area (Å²) in [4.78, 5) is 23.9. The second-order valence-corrected chi connectivity index (χ2v) is 6.99. The maximum Gasteiger partial charge on any atom is 0.343 e. The predicted molar refractivity (Wildman–Crippen MR) is 108 cm³/mol. The lowest BCUT2D eigenvalue weighted by atomic mass is 10.1. The molecule has 0 spiro atoms. The fourth-order valence-electron chi connectivity index (χ4n) is 2.40. The van der Waals surface area contributed by atoms with Crippen molar-refractivity contribution in [3.8, 4) is 5.75 Å². The summed E-state index contributed by atoms with van der Waals surface area (Å²) in [6.07, 6.45) is 8.41. The second kappa shape index (κ2) is 10.7. The molecule has 0 radical (unpaired) electrons. The van der Waals surface area contributed by atoms with E-state index in [4.69, 9.17) is 4.74 Å². The Hall–Kier alpha value is -2.20. The Morgan fingerprint density at radius 2 is 1.65 bits per heavy atom. The highest BCUT2D eigenvalue weighted by molar-refractivity contribution is 9.10. The van der Waals surface area contributed by atoms with Crippen LogP contribution in [-0.4, -0.2) is 11.8 Å². The smallest absolute Gasteiger partial charge is 0.343 e. The molecule has 3 nitrogen and oxygen atoms in total. The first kappa shape index (κ1) is 20.1. The van der Waals surface area contributed by atoms with E-state index in [1.54, 1.807) is 48.6 Å². The number of hydrogen-bond acceptors (Lipinski definition) is 3. The van der Waals surface area contributed by atoms with Crippen molar-refractivity contribution in [2.24, 2.45) is 0 Å². The van der Waals surface area contributed by atoms with Crippen molar-refractivity contribution >= 4 is 33.8 Å². The van der Waals surface area contributed by atoms with E-state index in [1.807, 2.05) is 12.1 Å². The number of halogens is 1. The maximum absolute atomic E-state index is 12.1. The summed E-state index contributed by atoms with van der Waals surface area (Å²) in [6.45, 7) is 2.15. The molecule has 26 heavy (non-hydrogen) atoms. The molecule has 0 aliphatic rings. The molecule has 0 saturated heterocycles. The Kier molecular flexibility index (Phi) is 8.29. The molecule has 0 N–H and O–H groups in total. The normalized spacial score (nSPS) is 10.8. The fourth-order valence-corrected chi connectivity index (χ4v) is 2.66. The first-order valence-corrected chi connectivity index (χ1v) is 9.66. The van der Waals surface area contributed by atoms with Gasteiger partial charge in [-0.25, -0.2) is 4.79 Å². The third kappa shape index (κ3) is 6.96. The third-order valence-corrected chi connectivity index (χ3v) is 4.44. The van der Waals surface area contributed by atoms with Crippen LogP contribution in [-0.2, 0) is 4.79 Å². The van der Waals surface area contributed by atoms with Crippen LogP contribution in [0.5, 0.6) is 5.75 Å². The number of unbranched alkanes of at least 4 members (excludes halogenated alkanes) is 3. The van der Waals surface area contributed by atoms with Gasteiger partial charge in [0.2, 0.25) is 0 Å². The largest absolute Gasteiger partial charge is 0.423 e. The van der Waals surface area contributed by atoms with Crippen molar-refractivity contribution < 1.29 is 14.3 Å². The van der Waals surface area contributed by atoms with E-state index in [0.717, 1.165) is 22.9 Å². The first-order chi connectivity index (χ1) is 12.6. The standard InChI is InChI=1S/C22H23BrO3/c1-2-3-4-5-6-20(24)14-7-17-8-15-21(16-9-17)26-22(25)18-10-12-19(23)13-11-18/h7-16H,2-6H2,1H3. The molecule has 0 unspecified atom stereocenters. The van der Waals surface area contributed by atoms with Gasteiger partial charge in [0.15, 0.2) is 5.78 Å². The number of allylic oxidation sites excluding steroid dienone is 1. The van der Waals surface area contributed by atoms with Crippen LogP contribution >= 0.6 is 15.9 Å². The van der Waals surface area contributed by atoms with Crippen molar-refractivity contribution in [2.75, 3.05) is 0 Å². The number of carbonyl (C=O) groups excluding carboxylic acids is 2. The van der Waals surface area contributed by atoms with Gasteiger partial charge in [-0.2, -0.15) is 0 Å². The minimum Gasteiger partial charge on any atom is -0.423 e. The number of hydrogen-bond donors (Lipinski definition) is 0. The lowest BCUT2D eigenvalue weighted by Gasteiger charge is -2.05. The molecule has 0 aromatic heterocycles. The Morgan fingerprint density at radius 1 is 0.962 bits per heavy atom. The van der Waals surface area contributed by atoms with Crippen LogP contribution in [0, 0.1) is 0 Å². The summed E-state index contributed by atoms with van der Waals surface area (Å²) in [5.74, 6) is 0.218. The molecule has 2 aromatic carbocycles. The molecule has 0 amide bonds. The Labute approximate surface area is 163 Å². The summed E-state index contributed by atoms with van der Waals surface area (Å²) < 4.78 is 6.26. The zero-order chi connectivity index (χ0) is 18.8. The van der Waals surface area contributed by atoms with E-state index in [9.17, 15) is 9.59 Å². The topological polar surface area (TPSA) is 43.4 Å². The summed E-state index contributed by atoms with van der Waals surface area (Å²) in [6, 6.07) is 14.1. The van der Waals surface area contributed by atoms with Gasteiger partial charge in [0.25, 0.3) is 0 Å². The Bertz CT molecular complexity index is 746. The molecule has 0 aliphatic carbocycles. The van der Waals surface area contributed by atoms with Crippen LogP contribution < -0.4 is 4.74 Å². The van der Waals surface area contributed by atoms with Crippen molar-refractivity contribution in [1.82, 2.24) is 0 Å². The average molecular weight is 415 g/mol. The van der Waals surface area contributed by atoms with E-state index < -0.39 is 5.97 Å². The highest BCUT2D eigenvalue weighted by atomic mass is 79.9. The predicted octanol–water partition coefficient (Wildman–Crippen LogP) is 6.22. The van der Waals surface area contributed by atoms with E-state index in [1.165, 1.54) is 12.8 Å². The van der Waals surface area contributed by atoms with Gasteiger partial charge < -0.3 is 4.74 Å². The molecule has 0 heterocycles. The summed E-state index contributed by atoms with van der Waals surface area (Å²) in [7, 11) is 0. The monoisotopic (exact) mass is 414 g/mol. The van der Waals surface area contributed by atoms with E-state index in [-0.39, 0.29) is 5.78 Å². The minimum atomic E-state index is -0.400. The maximum atomic E-state index is 12.1. The summed E-state index contributed by atoms with van der Waals surface area (Å²) in [5, 5.41) is 0. The number of carbonyl (C=O) groups is 2. The van der Waals surface area contributed by atoms with Crippen molar-refractivity contribution in [1.29, 1.82) is 0 Å². The van der Waals surface area contributed by atoms with E-state index in [2.05, 4.69) is 22.9 Å². The van der Waals surface area contributed by atoms with E-state index >= 15 is 0 Å². The highest BCUT2D eigenvalue weighted by Gasteiger charge is 2.08. The second-order valence-electron chi connectivity index (χ2n) is 6.08. The molecule has 2 aromatic rings. The van der Waals surface area contributed by atoms with Gasteiger partial charge in [0, 0.05) is 10.9 Å². The first-order valence-electron chi connectivity index (χ1n) is 8.87. The van der Waals surface area contributed by atoms with Crippen molar-refractivity contribution in [3.63, 3.8) is 0 Å². The van der Waals surface area contributed by atoms with Crippen LogP contribution in [0.25, 0.3) is 6.08 Å². The number of ether oxygens (including phenoxy) is 1. The zero-order valence-electron chi connectivity index (χ0n) is 14.9. The zero-order valence-corrected chi connectivity index (χ0v) is 16.5. The van der Waals surface area contributed by atoms with Gasteiger partial charge in [-0.1, -0.05) is 60.3 Å². The van der Waals surface area contributed by atoms with Gasteiger partial charge in [0.05, 0.1) is 5.56 Å². The lowest BCUT2D eigenvalue weighted by Crippen LogP contribution is -2.08. The third-order valence-electron chi connectivity index (χ3n) is 3.91. The molecular weight excluding hydrogens is 392 g/mol. The van der Waals surface area contributed by atoms with Crippen molar-refractivity contribution in [3.05, 3.63) is 70.2 Å².